The number of hydrogen-bond acceptors (Lipinski definition) is 5. The molecule has 6 nitrogen and oxygen atoms in total. The Hall–Kier alpha value is -2.55. The van der Waals surface area contributed by atoms with Crippen LogP contribution in [0.1, 0.15) is 12.0 Å². The van der Waals surface area contributed by atoms with E-state index in [9.17, 15) is 9.59 Å². The van der Waals surface area contributed by atoms with Crippen molar-refractivity contribution in [3.05, 3.63) is 29.8 Å². The number of nitrogens with zero attached hydrogens (tertiary/aromatic N) is 1. The first-order chi connectivity index (χ1) is 9.19. The maximum atomic E-state index is 11.5. The van der Waals surface area contributed by atoms with Crippen LogP contribution < -0.4 is 10.1 Å². The van der Waals surface area contributed by atoms with Crippen LogP contribution in [0.2, 0.25) is 0 Å². The molecule has 19 heavy (non-hydrogen) atoms. The van der Waals surface area contributed by atoms with Gasteiger partial charge in [0, 0.05) is 6.42 Å². The van der Waals surface area contributed by atoms with E-state index in [1.165, 1.54) is 0 Å². The van der Waals surface area contributed by atoms with E-state index < -0.39 is 12.0 Å². The van der Waals surface area contributed by atoms with Gasteiger partial charge in [0.2, 0.25) is 0 Å². The molecule has 1 N–H and O–H groups in total. The molecule has 1 aliphatic heterocycles. The van der Waals surface area contributed by atoms with Crippen LogP contribution >= 0.6 is 0 Å². The highest BCUT2D eigenvalue weighted by Crippen LogP contribution is 2.11. The summed E-state index contributed by atoms with van der Waals surface area (Å²) in [6.45, 7) is 0.149. The standard InChI is InChI=1S/C13H12N2O4/c14-7-9-1-3-10(4-2-9)19-8-12(16)15-11-5-6-18-13(11)17/h1-4,11H,5-6,8H2,(H,15,16). The molecule has 1 fully saturated rings. The minimum atomic E-state index is -0.572. The van der Waals surface area contributed by atoms with Crippen LogP contribution in [-0.4, -0.2) is 31.1 Å². The SMILES string of the molecule is N#Cc1ccc(OCC(=O)NC2CCOC2=O)cc1. The highest BCUT2D eigenvalue weighted by atomic mass is 16.5. The normalized spacial score (nSPS) is 17.4. The summed E-state index contributed by atoms with van der Waals surface area (Å²) in [7, 11) is 0. The molecule has 1 unspecified atom stereocenters. The first-order valence-corrected chi connectivity index (χ1v) is 5.78. The Morgan fingerprint density at radius 1 is 1.47 bits per heavy atom. The van der Waals surface area contributed by atoms with E-state index in [0.717, 1.165) is 0 Å². The third-order valence-electron chi connectivity index (χ3n) is 2.62. The Labute approximate surface area is 109 Å². The summed E-state index contributed by atoms with van der Waals surface area (Å²) >= 11 is 0. The summed E-state index contributed by atoms with van der Waals surface area (Å²) in [5.74, 6) is -0.303. The molecular weight excluding hydrogens is 248 g/mol. The number of nitrogens with one attached hydrogen (secondary N) is 1. The molecule has 0 spiro atoms. The number of amides is 1. The number of carbonyl (C=O) groups is 2. The van der Waals surface area contributed by atoms with Gasteiger partial charge in [0.25, 0.3) is 5.91 Å². The second-order valence-electron chi connectivity index (χ2n) is 4.00. The van der Waals surface area contributed by atoms with Gasteiger partial charge in [-0.2, -0.15) is 5.26 Å². The topological polar surface area (TPSA) is 88.4 Å². The predicted octanol–water partition coefficient (Wildman–Crippen LogP) is 0.369. The number of carbonyl (C=O) groups excluding carboxylic acids is 2. The summed E-state index contributed by atoms with van der Waals surface area (Å²) in [6.07, 6.45) is 0.488. The average Bonchev–Trinajstić information content (AvgIpc) is 2.82. The van der Waals surface area contributed by atoms with Crippen LogP contribution in [0.4, 0.5) is 0 Å². The second kappa shape index (κ2) is 5.87. The fraction of sp³-hybridized carbons (Fsp3) is 0.308. The van der Waals surface area contributed by atoms with Gasteiger partial charge in [0.15, 0.2) is 6.61 Å². The van der Waals surface area contributed by atoms with E-state index in [1.807, 2.05) is 6.07 Å². The predicted molar refractivity (Wildman–Crippen MR) is 64.2 cm³/mol. The van der Waals surface area contributed by atoms with Crippen LogP contribution in [0.3, 0.4) is 0 Å². The maximum absolute atomic E-state index is 11.5. The lowest BCUT2D eigenvalue weighted by molar-refractivity contribution is -0.141. The second-order valence-corrected chi connectivity index (χ2v) is 4.00. The monoisotopic (exact) mass is 260 g/mol. The number of rotatable bonds is 4. The molecule has 6 heteroatoms. The molecule has 0 saturated carbocycles. The van der Waals surface area contributed by atoms with Crippen molar-refractivity contribution in [3.63, 3.8) is 0 Å². The van der Waals surface area contributed by atoms with Crippen molar-refractivity contribution in [2.75, 3.05) is 13.2 Å². The van der Waals surface area contributed by atoms with Crippen LogP contribution in [0.15, 0.2) is 24.3 Å². The minimum Gasteiger partial charge on any atom is -0.484 e. The van der Waals surface area contributed by atoms with Gasteiger partial charge in [-0.3, -0.25) is 4.79 Å². The van der Waals surface area contributed by atoms with Gasteiger partial charge >= 0.3 is 5.97 Å². The third kappa shape index (κ3) is 3.45. The number of esters is 1. The summed E-state index contributed by atoms with van der Waals surface area (Å²) in [5, 5.41) is 11.2. The molecule has 1 saturated heterocycles. The smallest absolute Gasteiger partial charge is 0.328 e. The molecular formula is C13H12N2O4. The van der Waals surface area contributed by atoms with Gasteiger partial charge in [0.05, 0.1) is 18.2 Å². The molecule has 0 aromatic heterocycles. The summed E-state index contributed by atoms with van der Waals surface area (Å²) < 4.78 is 9.97. The third-order valence-corrected chi connectivity index (χ3v) is 2.62. The zero-order valence-electron chi connectivity index (χ0n) is 10.1. The van der Waals surface area contributed by atoms with Crippen molar-refractivity contribution in [1.82, 2.24) is 5.32 Å². The lowest BCUT2D eigenvalue weighted by atomic mass is 10.2. The van der Waals surface area contributed by atoms with Crippen molar-refractivity contribution < 1.29 is 19.1 Å². The first kappa shape index (κ1) is 12.9. The van der Waals surface area contributed by atoms with Crippen LogP contribution in [0.5, 0.6) is 5.75 Å². The average molecular weight is 260 g/mol. The van der Waals surface area contributed by atoms with Crippen molar-refractivity contribution in [2.45, 2.75) is 12.5 Å². The molecule has 0 aliphatic carbocycles. The van der Waals surface area contributed by atoms with Gasteiger partial charge in [-0.1, -0.05) is 0 Å². The molecule has 1 aliphatic rings. The van der Waals surface area contributed by atoms with Gasteiger partial charge in [-0.05, 0) is 24.3 Å². The van der Waals surface area contributed by atoms with Crippen molar-refractivity contribution in [2.24, 2.45) is 0 Å². The molecule has 1 amide bonds. The minimum absolute atomic E-state index is 0.185. The summed E-state index contributed by atoms with van der Waals surface area (Å²) in [6, 6.07) is 7.82. The van der Waals surface area contributed by atoms with Gasteiger partial charge in [-0.15, -0.1) is 0 Å². The molecule has 0 radical (unpaired) electrons. The largest absolute Gasteiger partial charge is 0.484 e. The Balaban J connectivity index is 1.79. The van der Waals surface area contributed by atoms with E-state index in [4.69, 9.17) is 14.7 Å². The first-order valence-electron chi connectivity index (χ1n) is 5.78. The lowest BCUT2D eigenvalue weighted by Crippen LogP contribution is -2.40. The quantitative estimate of drug-likeness (QED) is 0.790. The zero-order chi connectivity index (χ0) is 13.7. The summed E-state index contributed by atoms with van der Waals surface area (Å²) in [4.78, 5) is 22.7. The number of nitriles is 1. The summed E-state index contributed by atoms with van der Waals surface area (Å²) in [5.41, 5.74) is 0.519. The van der Waals surface area contributed by atoms with Crippen molar-refractivity contribution in [3.8, 4) is 11.8 Å². The zero-order valence-corrected chi connectivity index (χ0v) is 10.1. The van der Waals surface area contributed by atoms with E-state index >= 15 is 0 Å². The van der Waals surface area contributed by atoms with Crippen LogP contribution in [-0.2, 0) is 14.3 Å². The molecule has 1 atom stereocenters. The maximum Gasteiger partial charge on any atom is 0.328 e. The van der Waals surface area contributed by atoms with E-state index in [-0.39, 0.29) is 12.5 Å². The molecule has 1 aromatic carbocycles. The van der Waals surface area contributed by atoms with Crippen molar-refractivity contribution in [1.29, 1.82) is 5.26 Å². The Kier molecular flexibility index (Phi) is 3.98. The molecule has 1 heterocycles. The van der Waals surface area contributed by atoms with Crippen molar-refractivity contribution >= 4 is 11.9 Å². The number of hydrogen-bond donors (Lipinski definition) is 1. The van der Waals surface area contributed by atoms with Crippen LogP contribution in [0, 0.1) is 11.3 Å². The Bertz CT molecular complexity index is 518. The van der Waals surface area contributed by atoms with Gasteiger partial charge in [0.1, 0.15) is 11.8 Å². The van der Waals surface area contributed by atoms with Gasteiger partial charge < -0.3 is 14.8 Å². The molecule has 1 aromatic rings. The molecule has 2 rings (SSSR count). The van der Waals surface area contributed by atoms with E-state index in [2.05, 4.69) is 5.32 Å². The Morgan fingerprint density at radius 3 is 2.79 bits per heavy atom. The molecule has 98 valence electrons. The number of benzene rings is 1. The lowest BCUT2D eigenvalue weighted by Gasteiger charge is -2.09. The molecule has 0 bridgehead atoms. The highest BCUT2D eigenvalue weighted by molar-refractivity contribution is 5.86. The van der Waals surface area contributed by atoms with E-state index in [1.54, 1.807) is 24.3 Å². The fourth-order valence-electron chi connectivity index (χ4n) is 1.64. The van der Waals surface area contributed by atoms with Gasteiger partial charge in [-0.25, -0.2) is 4.79 Å². The number of cyclic esters (lactones) is 1. The van der Waals surface area contributed by atoms with Crippen LogP contribution in [0.25, 0.3) is 0 Å². The highest BCUT2D eigenvalue weighted by Gasteiger charge is 2.27. The Morgan fingerprint density at radius 2 is 2.21 bits per heavy atom. The fourth-order valence-corrected chi connectivity index (χ4v) is 1.64. The van der Waals surface area contributed by atoms with E-state index in [0.29, 0.717) is 24.3 Å². The number of ether oxygens (including phenoxy) is 2.